The highest BCUT2D eigenvalue weighted by atomic mass is 16.5. The monoisotopic (exact) mass is 355 g/mol. The molecule has 1 amide bonds. The van der Waals surface area contributed by atoms with Gasteiger partial charge in [-0.05, 0) is 43.2 Å². The highest BCUT2D eigenvalue weighted by Crippen LogP contribution is 2.18. The second-order valence-electron chi connectivity index (χ2n) is 6.61. The van der Waals surface area contributed by atoms with Crippen LogP contribution in [0, 0.1) is 13.8 Å². The molecule has 2 N–H and O–H groups in total. The van der Waals surface area contributed by atoms with E-state index in [1.165, 1.54) is 0 Å². The van der Waals surface area contributed by atoms with Gasteiger partial charge in [-0.3, -0.25) is 14.5 Å². The van der Waals surface area contributed by atoms with E-state index in [0.717, 1.165) is 49.7 Å². The van der Waals surface area contributed by atoms with Crippen molar-refractivity contribution in [3.8, 4) is 11.1 Å². The van der Waals surface area contributed by atoms with Crippen molar-refractivity contribution in [1.82, 2.24) is 15.2 Å². The van der Waals surface area contributed by atoms with Gasteiger partial charge in [-0.15, -0.1) is 0 Å². The van der Waals surface area contributed by atoms with Gasteiger partial charge in [0.25, 0.3) is 11.5 Å². The number of hydrogen-bond acceptors (Lipinski definition) is 4. The van der Waals surface area contributed by atoms with Crippen LogP contribution < -0.4 is 10.9 Å². The van der Waals surface area contributed by atoms with Crippen LogP contribution in [0.3, 0.4) is 0 Å². The smallest absolute Gasteiger partial charge is 0.256 e. The van der Waals surface area contributed by atoms with E-state index in [1.54, 1.807) is 12.1 Å². The summed E-state index contributed by atoms with van der Waals surface area (Å²) in [6, 6.07) is 9.03. The minimum Gasteiger partial charge on any atom is -0.379 e. The molecule has 0 bridgehead atoms. The fraction of sp³-hybridized carbons (Fsp3) is 0.400. The third kappa shape index (κ3) is 4.39. The van der Waals surface area contributed by atoms with Crippen molar-refractivity contribution in [2.45, 2.75) is 13.8 Å². The molecule has 1 saturated heterocycles. The van der Waals surface area contributed by atoms with Gasteiger partial charge in [0.1, 0.15) is 0 Å². The number of aryl methyl sites for hydroxylation is 2. The Morgan fingerprint density at radius 2 is 1.88 bits per heavy atom. The van der Waals surface area contributed by atoms with Gasteiger partial charge in [-0.1, -0.05) is 12.1 Å². The number of benzene rings is 1. The molecule has 0 unspecified atom stereocenters. The first-order chi connectivity index (χ1) is 12.5. The van der Waals surface area contributed by atoms with Crippen molar-refractivity contribution in [2.75, 3.05) is 39.4 Å². The van der Waals surface area contributed by atoms with Crippen molar-refractivity contribution in [1.29, 1.82) is 0 Å². The van der Waals surface area contributed by atoms with Gasteiger partial charge in [-0.25, -0.2) is 0 Å². The molecule has 1 aliphatic heterocycles. The van der Waals surface area contributed by atoms with Crippen LogP contribution in [0.1, 0.15) is 21.6 Å². The number of morpholine rings is 1. The second kappa shape index (κ2) is 8.29. The van der Waals surface area contributed by atoms with Gasteiger partial charge in [0.15, 0.2) is 0 Å². The van der Waals surface area contributed by atoms with Crippen LogP contribution >= 0.6 is 0 Å². The zero-order valence-electron chi connectivity index (χ0n) is 15.3. The summed E-state index contributed by atoms with van der Waals surface area (Å²) in [6.45, 7) is 8.61. The van der Waals surface area contributed by atoms with Crippen molar-refractivity contribution < 1.29 is 9.53 Å². The number of carbonyl (C=O) groups is 1. The van der Waals surface area contributed by atoms with Gasteiger partial charge in [-0.2, -0.15) is 0 Å². The van der Waals surface area contributed by atoms with Crippen LogP contribution in [0.4, 0.5) is 0 Å². The zero-order valence-corrected chi connectivity index (χ0v) is 15.3. The van der Waals surface area contributed by atoms with Crippen LogP contribution in [0.2, 0.25) is 0 Å². The Labute approximate surface area is 153 Å². The number of H-pyrrole nitrogens is 1. The minimum atomic E-state index is -0.115. The summed E-state index contributed by atoms with van der Waals surface area (Å²) in [4.78, 5) is 29.6. The summed E-state index contributed by atoms with van der Waals surface area (Å²) in [5, 5.41) is 2.94. The number of aromatic amines is 1. The van der Waals surface area contributed by atoms with E-state index in [4.69, 9.17) is 4.74 Å². The number of ether oxygens (including phenoxy) is 1. The fourth-order valence-corrected chi connectivity index (χ4v) is 3.00. The van der Waals surface area contributed by atoms with E-state index in [9.17, 15) is 9.59 Å². The van der Waals surface area contributed by atoms with Crippen molar-refractivity contribution in [3.63, 3.8) is 0 Å². The largest absolute Gasteiger partial charge is 0.379 e. The fourth-order valence-electron chi connectivity index (χ4n) is 3.00. The number of hydrogen-bond donors (Lipinski definition) is 2. The Kier molecular flexibility index (Phi) is 5.85. The molecular weight excluding hydrogens is 330 g/mol. The first-order valence-electron chi connectivity index (χ1n) is 8.94. The standard InChI is InChI=1S/C20H25N3O3/c1-14-13-18(20(25)22-15(14)2)16-3-5-17(6-4-16)19(24)21-7-8-23-9-11-26-12-10-23/h3-6,13H,7-12H2,1-2H3,(H,21,24)(H,22,25). The Bertz CT molecular complexity index is 821. The molecule has 1 fully saturated rings. The summed E-state index contributed by atoms with van der Waals surface area (Å²) in [6.07, 6.45) is 0. The van der Waals surface area contributed by atoms with Crippen LogP contribution in [-0.4, -0.2) is 55.2 Å². The molecule has 2 aromatic rings. The number of carbonyl (C=O) groups excluding carboxylic acids is 1. The van der Waals surface area contributed by atoms with E-state index in [2.05, 4.69) is 15.2 Å². The van der Waals surface area contributed by atoms with Crippen LogP contribution in [0.25, 0.3) is 11.1 Å². The molecular formula is C20H25N3O3. The van der Waals surface area contributed by atoms with Gasteiger partial charge >= 0.3 is 0 Å². The molecule has 1 aromatic carbocycles. The first kappa shape index (κ1) is 18.4. The second-order valence-corrected chi connectivity index (χ2v) is 6.61. The van der Waals surface area contributed by atoms with E-state index >= 15 is 0 Å². The van der Waals surface area contributed by atoms with E-state index in [0.29, 0.717) is 17.7 Å². The minimum absolute atomic E-state index is 0.0983. The average Bonchev–Trinajstić information content (AvgIpc) is 2.66. The number of pyridine rings is 1. The van der Waals surface area contributed by atoms with Crippen molar-refractivity contribution in [3.05, 3.63) is 57.5 Å². The van der Waals surface area contributed by atoms with Crippen molar-refractivity contribution >= 4 is 5.91 Å². The van der Waals surface area contributed by atoms with E-state index < -0.39 is 0 Å². The average molecular weight is 355 g/mol. The third-order valence-electron chi connectivity index (χ3n) is 4.77. The SMILES string of the molecule is Cc1cc(-c2ccc(C(=O)NCCN3CCOCC3)cc2)c(=O)[nH]c1C. The predicted octanol–water partition coefficient (Wildman–Crippen LogP) is 1.72. The van der Waals surface area contributed by atoms with Crippen LogP contribution in [0.15, 0.2) is 35.1 Å². The summed E-state index contributed by atoms with van der Waals surface area (Å²) in [7, 11) is 0. The highest BCUT2D eigenvalue weighted by Gasteiger charge is 2.11. The van der Waals surface area contributed by atoms with E-state index in [-0.39, 0.29) is 11.5 Å². The lowest BCUT2D eigenvalue weighted by molar-refractivity contribution is 0.0383. The van der Waals surface area contributed by atoms with Crippen LogP contribution in [0.5, 0.6) is 0 Å². The van der Waals surface area contributed by atoms with Gasteiger partial charge in [0.2, 0.25) is 0 Å². The topological polar surface area (TPSA) is 74.4 Å². The number of nitrogens with zero attached hydrogens (tertiary/aromatic N) is 1. The Morgan fingerprint density at radius 3 is 2.58 bits per heavy atom. The Hall–Kier alpha value is -2.44. The Balaban J connectivity index is 1.61. The summed E-state index contributed by atoms with van der Waals surface area (Å²) in [5.74, 6) is -0.0983. The number of rotatable bonds is 5. The molecule has 0 atom stereocenters. The van der Waals surface area contributed by atoms with Crippen molar-refractivity contribution in [2.24, 2.45) is 0 Å². The van der Waals surface area contributed by atoms with E-state index in [1.807, 2.05) is 32.0 Å². The number of aromatic nitrogens is 1. The van der Waals surface area contributed by atoms with Gasteiger partial charge < -0.3 is 15.0 Å². The quantitative estimate of drug-likeness (QED) is 0.856. The number of amides is 1. The molecule has 0 aliphatic carbocycles. The lowest BCUT2D eigenvalue weighted by atomic mass is 10.0. The zero-order chi connectivity index (χ0) is 18.5. The lowest BCUT2D eigenvalue weighted by Gasteiger charge is -2.26. The maximum absolute atomic E-state index is 12.3. The number of nitrogens with one attached hydrogen (secondary N) is 2. The molecule has 6 heteroatoms. The van der Waals surface area contributed by atoms with Gasteiger partial charge in [0, 0.05) is 43.0 Å². The molecule has 3 rings (SSSR count). The summed E-state index contributed by atoms with van der Waals surface area (Å²) < 4.78 is 5.31. The predicted molar refractivity (Wildman–Crippen MR) is 102 cm³/mol. The maximum Gasteiger partial charge on any atom is 0.256 e. The first-order valence-corrected chi connectivity index (χ1v) is 8.94. The molecule has 0 saturated carbocycles. The molecule has 0 spiro atoms. The maximum atomic E-state index is 12.3. The molecule has 6 nitrogen and oxygen atoms in total. The summed E-state index contributed by atoms with van der Waals surface area (Å²) >= 11 is 0. The Morgan fingerprint density at radius 1 is 1.19 bits per heavy atom. The highest BCUT2D eigenvalue weighted by molar-refractivity contribution is 5.94. The lowest BCUT2D eigenvalue weighted by Crippen LogP contribution is -2.41. The molecule has 0 radical (unpaired) electrons. The molecule has 26 heavy (non-hydrogen) atoms. The molecule has 2 heterocycles. The third-order valence-corrected chi connectivity index (χ3v) is 4.77. The molecule has 1 aliphatic rings. The van der Waals surface area contributed by atoms with Crippen LogP contribution in [-0.2, 0) is 4.74 Å². The van der Waals surface area contributed by atoms with Gasteiger partial charge in [0.05, 0.1) is 13.2 Å². The molecule has 1 aromatic heterocycles. The summed E-state index contributed by atoms with van der Waals surface area (Å²) in [5.41, 5.74) is 3.80. The molecule has 138 valence electrons. The normalized spacial score (nSPS) is 15.0.